The number of likely N-dealkylation sites (tertiary alicyclic amines) is 1. The van der Waals surface area contributed by atoms with Crippen molar-refractivity contribution in [3.63, 3.8) is 0 Å². The Morgan fingerprint density at radius 1 is 1.46 bits per heavy atom. The number of aromatic nitrogens is 2. The lowest BCUT2D eigenvalue weighted by molar-refractivity contribution is -0.127. The van der Waals surface area contributed by atoms with Gasteiger partial charge in [-0.25, -0.2) is 0 Å². The second kappa shape index (κ2) is 6.38. The zero-order valence-corrected chi connectivity index (χ0v) is 15.1. The van der Waals surface area contributed by atoms with Gasteiger partial charge >= 0.3 is 0 Å². The molecule has 1 amide bonds. The van der Waals surface area contributed by atoms with Crippen LogP contribution in [0.25, 0.3) is 0 Å². The van der Waals surface area contributed by atoms with Crippen molar-refractivity contribution in [3.8, 4) is 6.07 Å². The van der Waals surface area contributed by atoms with Crippen LogP contribution in [0.3, 0.4) is 0 Å². The van der Waals surface area contributed by atoms with Crippen LogP contribution in [0.1, 0.15) is 39.9 Å². The zero-order chi connectivity index (χ0) is 17.4. The first-order valence-corrected chi connectivity index (χ1v) is 8.77. The smallest absolute Gasteiger partial charge is 0.224 e. The maximum atomic E-state index is 12.3. The minimum Gasteiger partial charge on any atom is -0.337 e. The van der Waals surface area contributed by atoms with Gasteiger partial charge in [0.2, 0.25) is 5.91 Å². The Balaban J connectivity index is 1.83. The predicted octanol–water partition coefficient (Wildman–Crippen LogP) is 2.03. The van der Waals surface area contributed by atoms with E-state index in [0.717, 1.165) is 21.8 Å². The monoisotopic (exact) mass is 343 g/mol. The van der Waals surface area contributed by atoms with E-state index in [4.69, 9.17) is 5.26 Å². The number of aryl methyl sites for hydroxylation is 2. The van der Waals surface area contributed by atoms with Crippen molar-refractivity contribution in [2.75, 3.05) is 7.05 Å². The van der Waals surface area contributed by atoms with E-state index in [1.807, 2.05) is 49.0 Å². The number of nitrogens with zero attached hydrogens (tertiary/aromatic N) is 4. The van der Waals surface area contributed by atoms with Gasteiger partial charge in [-0.1, -0.05) is 0 Å². The summed E-state index contributed by atoms with van der Waals surface area (Å²) in [5, 5.41) is 18.8. The largest absolute Gasteiger partial charge is 0.337 e. The molecule has 2 atom stereocenters. The van der Waals surface area contributed by atoms with Crippen molar-refractivity contribution < 1.29 is 4.79 Å². The minimum atomic E-state index is -0.0124. The van der Waals surface area contributed by atoms with Crippen molar-refractivity contribution in [3.05, 3.63) is 38.8 Å². The average Bonchev–Trinajstić information content (AvgIpc) is 3.18. The second-order valence-corrected chi connectivity index (χ2v) is 7.26. The highest BCUT2D eigenvalue weighted by molar-refractivity contribution is 7.10. The van der Waals surface area contributed by atoms with E-state index in [1.165, 1.54) is 0 Å². The first-order valence-electron chi connectivity index (χ1n) is 7.89. The Kier molecular flexibility index (Phi) is 4.43. The average molecular weight is 343 g/mol. The lowest BCUT2D eigenvalue weighted by atomic mass is 9.98. The highest BCUT2D eigenvalue weighted by Crippen LogP contribution is 2.35. The van der Waals surface area contributed by atoms with Crippen molar-refractivity contribution in [1.82, 2.24) is 20.0 Å². The maximum Gasteiger partial charge on any atom is 0.224 e. The van der Waals surface area contributed by atoms with Crippen LogP contribution in [0, 0.1) is 25.2 Å². The van der Waals surface area contributed by atoms with E-state index in [-0.39, 0.29) is 18.0 Å². The minimum absolute atomic E-state index is 0.0124. The van der Waals surface area contributed by atoms with Gasteiger partial charge in [0.15, 0.2) is 0 Å². The zero-order valence-electron chi connectivity index (χ0n) is 14.3. The normalized spacial score (nSPS) is 20.6. The summed E-state index contributed by atoms with van der Waals surface area (Å²) in [6.07, 6.45) is 0.478. The molecule has 1 fully saturated rings. The third kappa shape index (κ3) is 2.83. The quantitative estimate of drug-likeness (QED) is 0.922. The summed E-state index contributed by atoms with van der Waals surface area (Å²) in [6, 6.07) is 4.07. The highest BCUT2D eigenvalue weighted by atomic mass is 32.1. The molecule has 2 aromatic rings. The van der Waals surface area contributed by atoms with E-state index >= 15 is 0 Å². The molecule has 0 bridgehead atoms. The molecule has 3 rings (SSSR count). The van der Waals surface area contributed by atoms with Gasteiger partial charge in [-0.3, -0.25) is 9.48 Å². The molecule has 2 aromatic heterocycles. The molecule has 3 heterocycles. The van der Waals surface area contributed by atoms with Crippen LogP contribution in [-0.2, 0) is 18.4 Å². The standard InChI is InChI=1S/C17H21N5OS/c1-10-16(11(2)22(4)20-10)17-14(6-15(23)21(17)3)19-8-13-5-12(7-18)9-24-13/h5,9,14,17,19H,6,8H2,1-4H3/t14-,17-/m1/s1. The van der Waals surface area contributed by atoms with Gasteiger partial charge in [-0.05, 0) is 19.9 Å². The van der Waals surface area contributed by atoms with E-state index in [9.17, 15) is 4.79 Å². The number of nitrogens with one attached hydrogen (secondary N) is 1. The molecule has 0 aromatic carbocycles. The van der Waals surface area contributed by atoms with Gasteiger partial charge in [0, 0.05) is 54.6 Å². The van der Waals surface area contributed by atoms with Gasteiger partial charge < -0.3 is 10.2 Å². The van der Waals surface area contributed by atoms with Crippen molar-refractivity contribution in [1.29, 1.82) is 5.26 Å². The molecule has 0 unspecified atom stereocenters. The number of nitriles is 1. The number of amides is 1. The molecular formula is C17H21N5OS. The number of thiophene rings is 1. The fourth-order valence-electron chi connectivity index (χ4n) is 3.43. The van der Waals surface area contributed by atoms with Gasteiger partial charge in [0.1, 0.15) is 6.07 Å². The molecule has 0 saturated carbocycles. The van der Waals surface area contributed by atoms with Gasteiger partial charge in [-0.2, -0.15) is 10.4 Å². The summed E-state index contributed by atoms with van der Waals surface area (Å²) in [6.45, 7) is 4.70. The summed E-state index contributed by atoms with van der Waals surface area (Å²) < 4.78 is 1.87. The molecular weight excluding hydrogens is 322 g/mol. The molecule has 1 aliphatic heterocycles. The Bertz CT molecular complexity index is 816. The molecule has 1 N–H and O–H groups in total. The van der Waals surface area contributed by atoms with Crippen LogP contribution in [0.15, 0.2) is 11.4 Å². The van der Waals surface area contributed by atoms with Crippen molar-refractivity contribution in [2.24, 2.45) is 7.05 Å². The molecule has 24 heavy (non-hydrogen) atoms. The molecule has 126 valence electrons. The predicted molar refractivity (Wildman–Crippen MR) is 92.5 cm³/mol. The molecule has 6 nitrogen and oxygen atoms in total. The number of hydrogen-bond donors (Lipinski definition) is 1. The lowest BCUT2D eigenvalue weighted by Gasteiger charge is -2.26. The number of hydrogen-bond acceptors (Lipinski definition) is 5. The molecule has 1 saturated heterocycles. The Hall–Kier alpha value is -2.17. The SMILES string of the molecule is Cc1nn(C)c(C)c1[C@H]1[C@H](NCc2cc(C#N)cs2)CC(=O)N1C. The third-order valence-electron chi connectivity index (χ3n) is 4.77. The Morgan fingerprint density at radius 2 is 2.21 bits per heavy atom. The fourth-order valence-corrected chi connectivity index (χ4v) is 4.19. The Morgan fingerprint density at radius 3 is 2.79 bits per heavy atom. The van der Waals surface area contributed by atoms with Crippen LogP contribution in [-0.4, -0.2) is 33.7 Å². The number of rotatable bonds is 4. The van der Waals surface area contributed by atoms with E-state index in [1.54, 1.807) is 11.3 Å². The first kappa shape index (κ1) is 16.7. The van der Waals surface area contributed by atoms with Crippen LogP contribution < -0.4 is 5.32 Å². The van der Waals surface area contributed by atoms with Crippen LogP contribution >= 0.6 is 11.3 Å². The van der Waals surface area contributed by atoms with Crippen molar-refractivity contribution >= 4 is 17.2 Å². The van der Waals surface area contributed by atoms with Crippen molar-refractivity contribution in [2.45, 2.75) is 38.9 Å². The van der Waals surface area contributed by atoms with Crippen LogP contribution in [0.2, 0.25) is 0 Å². The first-order chi connectivity index (χ1) is 11.4. The van der Waals surface area contributed by atoms with Crippen LogP contribution in [0.5, 0.6) is 0 Å². The Labute approximate surface area is 145 Å². The van der Waals surface area contributed by atoms with Crippen LogP contribution in [0.4, 0.5) is 0 Å². The van der Waals surface area contributed by atoms with Gasteiger partial charge in [0.05, 0.1) is 17.3 Å². The molecule has 7 heteroatoms. The van der Waals surface area contributed by atoms with E-state index in [0.29, 0.717) is 18.5 Å². The second-order valence-electron chi connectivity index (χ2n) is 6.26. The number of likely N-dealkylation sites (N-methyl/N-ethyl adjacent to an activating group) is 1. The summed E-state index contributed by atoms with van der Waals surface area (Å²) >= 11 is 1.57. The summed E-state index contributed by atoms with van der Waals surface area (Å²) in [5.41, 5.74) is 3.88. The topological polar surface area (TPSA) is 74.0 Å². The van der Waals surface area contributed by atoms with Gasteiger partial charge in [-0.15, -0.1) is 11.3 Å². The summed E-state index contributed by atoms with van der Waals surface area (Å²) in [7, 11) is 3.79. The summed E-state index contributed by atoms with van der Waals surface area (Å²) in [4.78, 5) is 15.2. The molecule has 0 spiro atoms. The highest BCUT2D eigenvalue weighted by Gasteiger charge is 2.40. The summed E-state index contributed by atoms with van der Waals surface area (Å²) in [5.74, 6) is 0.143. The number of carbonyl (C=O) groups excluding carboxylic acids is 1. The molecule has 1 aliphatic rings. The third-order valence-corrected chi connectivity index (χ3v) is 5.71. The van der Waals surface area contributed by atoms with E-state index in [2.05, 4.69) is 16.5 Å². The van der Waals surface area contributed by atoms with Gasteiger partial charge in [0.25, 0.3) is 0 Å². The fraction of sp³-hybridized carbons (Fsp3) is 0.471. The molecule has 0 aliphatic carbocycles. The molecule has 0 radical (unpaired) electrons. The van der Waals surface area contributed by atoms with E-state index < -0.39 is 0 Å². The lowest BCUT2D eigenvalue weighted by Crippen LogP contribution is -2.35. The number of carbonyl (C=O) groups is 1. The maximum absolute atomic E-state index is 12.3.